The summed E-state index contributed by atoms with van der Waals surface area (Å²) in [5.74, 6) is 1.17. The molecule has 2 fully saturated rings. The van der Waals surface area contributed by atoms with Gasteiger partial charge in [0.25, 0.3) is 0 Å². The molecule has 122 valence electrons. The molecule has 1 heteroatoms. The molecular weight excluding hydrogens is 256 g/mol. The SMILES string of the molecule is CC/C(C)=C\C[C@@H]1[C@@]2(C)CCCC(C)(C)[C@@H]2CC[C@@]1(C)O. The fraction of sp³-hybridized carbons (Fsp3) is 0.900. The van der Waals surface area contributed by atoms with Crippen LogP contribution in [0.25, 0.3) is 0 Å². The van der Waals surface area contributed by atoms with E-state index >= 15 is 0 Å². The molecule has 2 aliphatic carbocycles. The van der Waals surface area contributed by atoms with E-state index < -0.39 is 5.60 Å². The maximum absolute atomic E-state index is 11.1. The van der Waals surface area contributed by atoms with Crippen LogP contribution in [0, 0.1) is 22.7 Å². The molecule has 0 aromatic heterocycles. The highest BCUT2D eigenvalue weighted by Gasteiger charge is 2.57. The summed E-state index contributed by atoms with van der Waals surface area (Å²) in [6.45, 7) is 13.9. The highest BCUT2D eigenvalue weighted by molar-refractivity contribution is 5.10. The number of fused-ring (bicyclic) bond motifs is 1. The molecule has 2 rings (SSSR count). The van der Waals surface area contributed by atoms with Gasteiger partial charge in [-0.3, -0.25) is 0 Å². The van der Waals surface area contributed by atoms with Gasteiger partial charge < -0.3 is 5.11 Å². The zero-order valence-electron chi connectivity index (χ0n) is 15.1. The van der Waals surface area contributed by atoms with E-state index in [9.17, 15) is 5.11 Å². The lowest BCUT2D eigenvalue weighted by Crippen LogP contribution is -2.57. The molecule has 0 unspecified atom stereocenters. The van der Waals surface area contributed by atoms with Crippen molar-refractivity contribution in [2.45, 2.75) is 92.1 Å². The Morgan fingerprint density at radius 1 is 1.14 bits per heavy atom. The minimum Gasteiger partial charge on any atom is -0.390 e. The van der Waals surface area contributed by atoms with E-state index in [1.54, 1.807) is 0 Å². The van der Waals surface area contributed by atoms with Crippen molar-refractivity contribution in [3.63, 3.8) is 0 Å². The van der Waals surface area contributed by atoms with Crippen LogP contribution in [0.15, 0.2) is 11.6 Å². The molecular formula is C20H36O. The predicted octanol–water partition coefficient (Wildman–Crippen LogP) is 5.73. The minimum absolute atomic E-state index is 0.300. The van der Waals surface area contributed by atoms with Crippen LogP contribution in [0.4, 0.5) is 0 Å². The lowest BCUT2D eigenvalue weighted by Gasteiger charge is -2.61. The summed E-state index contributed by atoms with van der Waals surface area (Å²) in [5, 5.41) is 11.1. The number of hydrogen-bond acceptors (Lipinski definition) is 1. The summed E-state index contributed by atoms with van der Waals surface area (Å²) >= 11 is 0. The first-order valence-corrected chi connectivity index (χ1v) is 9.01. The standard InChI is InChI=1S/C20H36O/c1-7-15(2)9-10-17-19(5)13-8-12-18(3,4)16(19)11-14-20(17,6)21/h9,16-17,21H,7-8,10-14H2,1-6H3/b15-9-/t16-,17+,19-,20+/m0/s1. The van der Waals surface area contributed by atoms with Crippen molar-refractivity contribution >= 4 is 0 Å². The zero-order chi connectivity index (χ0) is 15.9. The fourth-order valence-corrected chi connectivity index (χ4v) is 5.61. The van der Waals surface area contributed by atoms with Gasteiger partial charge in [-0.25, -0.2) is 0 Å². The molecule has 2 saturated carbocycles. The molecule has 1 N–H and O–H groups in total. The van der Waals surface area contributed by atoms with Crippen LogP contribution in [0.2, 0.25) is 0 Å². The third-order valence-electron chi connectivity index (χ3n) is 7.02. The summed E-state index contributed by atoms with van der Waals surface area (Å²) < 4.78 is 0. The molecule has 0 amide bonds. The highest BCUT2D eigenvalue weighted by Crippen LogP contribution is 2.62. The first kappa shape index (κ1) is 17.1. The van der Waals surface area contributed by atoms with Crippen LogP contribution in [-0.4, -0.2) is 10.7 Å². The molecule has 0 spiro atoms. The first-order valence-electron chi connectivity index (χ1n) is 9.01. The minimum atomic E-state index is -0.497. The molecule has 0 radical (unpaired) electrons. The average Bonchev–Trinajstić information content (AvgIpc) is 2.35. The van der Waals surface area contributed by atoms with Gasteiger partial charge in [0.05, 0.1) is 5.60 Å². The van der Waals surface area contributed by atoms with Gasteiger partial charge >= 0.3 is 0 Å². The molecule has 0 bridgehead atoms. The van der Waals surface area contributed by atoms with E-state index in [2.05, 4.69) is 47.6 Å². The fourth-order valence-electron chi connectivity index (χ4n) is 5.61. The van der Waals surface area contributed by atoms with E-state index in [4.69, 9.17) is 0 Å². The summed E-state index contributed by atoms with van der Waals surface area (Å²) in [5.41, 5.74) is 1.70. The molecule has 0 aliphatic heterocycles. The Kier molecular flexibility index (Phi) is 4.65. The van der Waals surface area contributed by atoms with E-state index in [-0.39, 0.29) is 0 Å². The molecule has 4 atom stereocenters. The summed E-state index contributed by atoms with van der Waals surface area (Å²) in [6.07, 6.45) is 10.7. The number of allylic oxidation sites excluding steroid dienone is 2. The Hall–Kier alpha value is -0.300. The van der Waals surface area contributed by atoms with Crippen molar-refractivity contribution < 1.29 is 5.11 Å². The maximum Gasteiger partial charge on any atom is 0.0656 e. The van der Waals surface area contributed by atoms with Crippen LogP contribution in [0.3, 0.4) is 0 Å². The Morgan fingerprint density at radius 2 is 1.81 bits per heavy atom. The number of rotatable bonds is 3. The van der Waals surface area contributed by atoms with Gasteiger partial charge in [-0.1, -0.05) is 45.8 Å². The van der Waals surface area contributed by atoms with E-state index in [0.29, 0.717) is 16.7 Å². The van der Waals surface area contributed by atoms with Crippen molar-refractivity contribution in [3.8, 4) is 0 Å². The maximum atomic E-state index is 11.1. The topological polar surface area (TPSA) is 20.2 Å². The van der Waals surface area contributed by atoms with Crippen LogP contribution in [-0.2, 0) is 0 Å². The molecule has 21 heavy (non-hydrogen) atoms. The van der Waals surface area contributed by atoms with Crippen LogP contribution in [0.1, 0.15) is 86.5 Å². The van der Waals surface area contributed by atoms with Gasteiger partial charge in [-0.2, -0.15) is 0 Å². The molecule has 0 aromatic carbocycles. The van der Waals surface area contributed by atoms with Crippen molar-refractivity contribution in [2.24, 2.45) is 22.7 Å². The Balaban J connectivity index is 2.33. The van der Waals surface area contributed by atoms with Gasteiger partial charge in [0.15, 0.2) is 0 Å². The second-order valence-electron chi connectivity index (χ2n) is 8.99. The van der Waals surface area contributed by atoms with E-state index in [0.717, 1.165) is 25.2 Å². The molecule has 0 saturated heterocycles. The monoisotopic (exact) mass is 292 g/mol. The predicted molar refractivity (Wildman–Crippen MR) is 91.2 cm³/mol. The average molecular weight is 293 g/mol. The van der Waals surface area contributed by atoms with Gasteiger partial charge in [0.1, 0.15) is 0 Å². The zero-order valence-corrected chi connectivity index (χ0v) is 15.1. The van der Waals surface area contributed by atoms with Crippen LogP contribution in [0.5, 0.6) is 0 Å². The Labute approximate surface area is 132 Å². The molecule has 2 aliphatic rings. The molecule has 0 aromatic rings. The van der Waals surface area contributed by atoms with Gasteiger partial charge in [-0.15, -0.1) is 0 Å². The lowest BCUT2D eigenvalue weighted by atomic mass is 9.45. The van der Waals surface area contributed by atoms with Crippen LogP contribution >= 0.6 is 0 Å². The third kappa shape index (κ3) is 3.09. The van der Waals surface area contributed by atoms with Crippen LogP contribution < -0.4 is 0 Å². The second-order valence-corrected chi connectivity index (χ2v) is 8.99. The van der Waals surface area contributed by atoms with Crippen molar-refractivity contribution in [1.29, 1.82) is 0 Å². The summed E-state index contributed by atoms with van der Waals surface area (Å²) in [4.78, 5) is 0. The van der Waals surface area contributed by atoms with Gasteiger partial charge in [0.2, 0.25) is 0 Å². The summed E-state index contributed by atoms with van der Waals surface area (Å²) in [6, 6.07) is 0. The van der Waals surface area contributed by atoms with Crippen molar-refractivity contribution in [2.75, 3.05) is 0 Å². The van der Waals surface area contributed by atoms with Crippen molar-refractivity contribution in [1.82, 2.24) is 0 Å². The molecule has 0 heterocycles. The first-order chi connectivity index (χ1) is 9.63. The third-order valence-corrected chi connectivity index (χ3v) is 7.02. The second kappa shape index (κ2) is 5.72. The molecule has 1 nitrogen and oxygen atoms in total. The highest BCUT2D eigenvalue weighted by atomic mass is 16.3. The quantitative estimate of drug-likeness (QED) is 0.659. The number of aliphatic hydroxyl groups is 1. The Bertz CT molecular complexity index is 404. The largest absolute Gasteiger partial charge is 0.390 e. The number of hydrogen-bond donors (Lipinski definition) is 1. The van der Waals surface area contributed by atoms with Gasteiger partial charge in [-0.05, 0) is 75.0 Å². The smallest absolute Gasteiger partial charge is 0.0656 e. The normalized spacial score (nSPS) is 43.5. The Morgan fingerprint density at radius 3 is 2.43 bits per heavy atom. The summed E-state index contributed by atoms with van der Waals surface area (Å²) in [7, 11) is 0. The lowest BCUT2D eigenvalue weighted by molar-refractivity contribution is -0.165. The van der Waals surface area contributed by atoms with E-state index in [1.165, 1.54) is 31.3 Å². The van der Waals surface area contributed by atoms with Gasteiger partial charge in [0, 0.05) is 0 Å². The van der Waals surface area contributed by atoms with Crippen molar-refractivity contribution in [3.05, 3.63) is 11.6 Å². The van der Waals surface area contributed by atoms with E-state index in [1.807, 2.05) is 0 Å².